The van der Waals surface area contributed by atoms with Crippen LogP contribution in [0.1, 0.15) is 0 Å². The minimum atomic E-state index is 0.587. The van der Waals surface area contributed by atoms with E-state index in [0.29, 0.717) is 10.6 Å². The van der Waals surface area contributed by atoms with Crippen molar-refractivity contribution < 1.29 is 4.42 Å². The quantitative estimate of drug-likeness (QED) is 0.204. The van der Waals surface area contributed by atoms with E-state index in [4.69, 9.17) is 16.0 Å². The first-order chi connectivity index (χ1) is 21.2. The lowest BCUT2D eigenvalue weighted by atomic mass is 10.00. The second kappa shape index (κ2) is 10.5. The van der Waals surface area contributed by atoms with Crippen molar-refractivity contribution in [1.29, 1.82) is 0 Å². The number of benzene rings is 7. The summed E-state index contributed by atoms with van der Waals surface area (Å²) < 4.78 is 6.39. The number of furan rings is 1. The molecule has 8 aromatic rings. The van der Waals surface area contributed by atoms with Gasteiger partial charge in [0.25, 0.3) is 0 Å². The fourth-order valence-electron chi connectivity index (χ4n) is 5.99. The van der Waals surface area contributed by atoms with Gasteiger partial charge in [0.05, 0.1) is 5.02 Å². The molecule has 1 heterocycles. The molecule has 0 bridgehead atoms. The van der Waals surface area contributed by atoms with Crippen LogP contribution in [-0.4, -0.2) is 0 Å². The minimum Gasteiger partial charge on any atom is -0.454 e. The van der Waals surface area contributed by atoms with Crippen LogP contribution in [0.15, 0.2) is 162 Å². The van der Waals surface area contributed by atoms with Gasteiger partial charge in [0.2, 0.25) is 0 Å². The highest BCUT2D eigenvalue weighted by Gasteiger charge is 2.19. The number of halogens is 1. The van der Waals surface area contributed by atoms with Crippen molar-refractivity contribution in [3.8, 4) is 22.3 Å². The predicted molar refractivity (Wildman–Crippen MR) is 182 cm³/mol. The fraction of sp³-hybridized carbons (Fsp3) is 0. The average Bonchev–Trinajstić information content (AvgIpc) is 3.46. The first kappa shape index (κ1) is 25.4. The number of hydrogen-bond donors (Lipinski definition) is 0. The Morgan fingerprint density at radius 1 is 0.395 bits per heavy atom. The lowest BCUT2D eigenvalue weighted by molar-refractivity contribution is 0.673. The molecule has 0 aliphatic heterocycles. The van der Waals surface area contributed by atoms with Gasteiger partial charge in [-0.25, -0.2) is 0 Å². The molecule has 43 heavy (non-hydrogen) atoms. The lowest BCUT2D eigenvalue weighted by Gasteiger charge is -2.26. The first-order valence-electron chi connectivity index (χ1n) is 14.4. The number of fused-ring (bicyclic) bond motifs is 5. The Kier molecular flexibility index (Phi) is 6.21. The second-order valence-corrected chi connectivity index (χ2v) is 11.1. The monoisotopic (exact) mass is 571 g/mol. The summed E-state index contributed by atoms with van der Waals surface area (Å²) >= 11 is 6.95. The molecule has 0 aliphatic rings. The Morgan fingerprint density at radius 3 is 1.65 bits per heavy atom. The SMILES string of the molecule is Clc1cc(N(c2ccccc2)c2ccc(-c3ccc(-c4ccccc4)cc3)cc2)cc2c1oc1c3ccccc3ccc21. The maximum absolute atomic E-state index is 6.95. The molecule has 2 nitrogen and oxygen atoms in total. The van der Waals surface area contributed by atoms with Crippen LogP contribution in [0.2, 0.25) is 5.02 Å². The summed E-state index contributed by atoms with van der Waals surface area (Å²) in [5.74, 6) is 0. The van der Waals surface area contributed by atoms with Gasteiger partial charge in [0.1, 0.15) is 5.58 Å². The van der Waals surface area contributed by atoms with Gasteiger partial charge in [0, 0.05) is 33.2 Å². The molecule has 0 aliphatic carbocycles. The summed E-state index contributed by atoms with van der Waals surface area (Å²) in [4.78, 5) is 2.24. The molecule has 204 valence electrons. The zero-order valence-electron chi connectivity index (χ0n) is 23.2. The Labute approximate surface area is 255 Å². The molecule has 0 spiro atoms. The van der Waals surface area contributed by atoms with Gasteiger partial charge < -0.3 is 9.32 Å². The van der Waals surface area contributed by atoms with Gasteiger partial charge in [-0.05, 0) is 70.1 Å². The van der Waals surface area contributed by atoms with Crippen LogP contribution in [0.5, 0.6) is 0 Å². The highest BCUT2D eigenvalue weighted by Crippen LogP contribution is 2.43. The fourth-order valence-corrected chi connectivity index (χ4v) is 6.24. The van der Waals surface area contributed by atoms with Crippen molar-refractivity contribution in [2.75, 3.05) is 4.90 Å². The third-order valence-electron chi connectivity index (χ3n) is 8.13. The molecule has 0 amide bonds. The molecule has 3 heteroatoms. The molecule has 0 atom stereocenters. The Balaban J connectivity index is 1.21. The third-order valence-corrected chi connectivity index (χ3v) is 8.41. The Morgan fingerprint density at radius 2 is 0.953 bits per heavy atom. The highest BCUT2D eigenvalue weighted by molar-refractivity contribution is 6.36. The van der Waals surface area contributed by atoms with E-state index < -0.39 is 0 Å². The summed E-state index contributed by atoms with van der Waals surface area (Å²) in [6.07, 6.45) is 0. The number of para-hydroxylation sites is 1. The predicted octanol–water partition coefficient (Wildman–Crippen LogP) is 12.2. The van der Waals surface area contributed by atoms with E-state index in [-0.39, 0.29) is 0 Å². The third kappa shape index (κ3) is 4.53. The molecule has 0 saturated heterocycles. The van der Waals surface area contributed by atoms with Crippen LogP contribution >= 0.6 is 11.6 Å². The van der Waals surface area contributed by atoms with Gasteiger partial charge in [0.15, 0.2) is 5.58 Å². The molecular formula is C40H26ClNO. The average molecular weight is 572 g/mol. The minimum absolute atomic E-state index is 0.587. The summed E-state index contributed by atoms with van der Waals surface area (Å²) in [6, 6.07) is 55.1. The van der Waals surface area contributed by atoms with Crippen LogP contribution in [0, 0.1) is 0 Å². The number of hydrogen-bond acceptors (Lipinski definition) is 2. The van der Waals surface area contributed by atoms with Crippen molar-refractivity contribution in [2.24, 2.45) is 0 Å². The number of nitrogens with zero attached hydrogens (tertiary/aromatic N) is 1. The van der Waals surface area contributed by atoms with E-state index in [0.717, 1.165) is 49.8 Å². The molecular weight excluding hydrogens is 546 g/mol. The van der Waals surface area contributed by atoms with Crippen molar-refractivity contribution in [2.45, 2.75) is 0 Å². The van der Waals surface area contributed by atoms with Crippen molar-refractivity contribution in [3.63, 3.8) is 0 Å². The largest absolute Gasteiger partial charge is 0.454 e. The molecule has 0 N–H and O–H groups in total. The van der Waals surface area contributed by atoms with E-state index >= 15 is 0 Å². The molecule has 1 aromatic heterocycles. The van der Waals surface area contributed by atoms with Crippen LogP contribution in [0.25, 0.3) is 55.0 Å². The number of rotatable bonds is 5. The Hall–Kier alpha value is -5.31. The van der Waals surface area contributed by atoms with E-state index in [2.05, 4.69) is 132 Å². The zero-order valence-corrected chi connectivity index (χ0v) is 24.0. The summed E-state index contributed by atoms with van der Waals surface area (Å²) in [5, 5.41) is 4.87. The van der Waals surface area contributed by atoms with Gasteiger partial charge in [-0.3, -0.25) is 0 Å². The van der Waals surface area contributed by atoms with E-state index in [1.807, 2.05) is 30.3 Å². The van der Waals surface area contributed by atoms with Gasteiger partial charge in [-0.1, -0.05) is 127 Å². The number of anilines is 3. The van der Waals surface area contributed by atoms with Crippen molar-refractivity contribution >= 4 is 61.4 Å². The van der Waals surface area contributed by atoms with Crippen LogP contribution in [0.4, 0.5) is 17.1 Å². The topological polar surface area (TPSA) is 16.4 Å². The maximum Gasteiger partial charge on any atom is 0.154 e. The van der Waals surface area contributed by atoms with Gasteiger partial charge in [-0.2, -0.15) is 0 Å². The van der Waals surface area contributed by atoms with Gasteiger partial charge >= 0.3 is 0 Å². The molecule has 0 saturated carbocycles. The highest BCUT2D eigenvalue weighted by atomic mass is 35.5. The molecule has 8 rings (SSSR count). The lowest BCUT2D eigenvalue weighted by Crippen LogP contribution is -2.09. The summed E-state index contributed by atoms with van der Waals surface area (Å²) in [5.41, 5.74) is 9.41. The molecule has 0 unspecified atom stereocenters. The molecule has 7 aromatic carbocycles. The van der Waals surface area contributed by atoms with Gasteiger partial charge in [-0.15, -0.1) is 0 Å². The molecule has 0 fully saturated rings. The normalized spacial score (nSPS) is 11.4. The van der Waals surface area contributed by atoms with Crippen LogP contribution in [-0.2, 0) is 0 Å². The summed E-state index contributed by atoms with van der Waals surface area (Å²) in [6.45, 7) is 0. The standard InChI is InChI=1S/C40H26ClNO/c41-38-26-34(25-37-36-24-21-31-11-7-8-14-35(31)39(36)43-40(37)38)42(32-12-5-2-6-13-32)33-22-19-30(20-23-33)29-17-15-28(16-18-29)27-9-3-1-4-10-27/h1-26H. The Bertz CT molecular complexity index is 2220. The first-order valence-corrected chi connectivity index (χ1v) is 14.8. The van der Waals surface area contributed by atoms with Crippen LogP contribution in [0.3, 0.4) is 0 Å². The zero-order chi connectivity index (χ0) is 28.8. The smallest absolute Gasteiger partial charge is 0.154 e. The van der Waals surface area contributed by atoms with E-state index in [9.17, 15) is 0 Å². The van der Waals surface area contributed by atoms with E-state index in [1.54, 1.807) is 0 Å². The molecule has 0 radical (unpaired) electrons. The van der Waals surface area contributed by atoms with Crippen LogP contribution < -0.4 is 4.90 Å². The van der Waals surface area contributed by atoms with E-state index in [1.165, 1.54) is 16.7 Å². The maximum atomic E-state index is 6.95. The van der Waals surface area contributed by atoms with Crippen molar-refractivity contribution in [1.82, 2.24) is 0 Å². The summed E-state index contributed by atoms with van der Waals surface area (Å²) in [7, 11) is 0. The van der Waals surface area contributed by atoms with Crippen molar-refractivity contribution in [3.05, 3.63) is 163 Å². The second-order valence-electron chi connectivity index (χ2n) is 10.7.